The zero-order valence-corrected chi connectivity index (χ0v) is 36.4. The van der Waals surface area contributed by atoms with Crippen molar-refractivity contribution in [2.24, 2.45) is 5.92 Å². The lowest BCUT2D eigenvalue weighted by Gasteiger charge is -2.56. The summed E-state index contributed by atoms with van der Waals surface area (Å²) < 4.78 is 0. The second kappa shape index (κ2) is 18.8. The van der Waals surface area contributed by atoms with Gasteiger partial charge in [-0.2, -0.15) is 25.1 Å². The van der Waals surface area contributed by atoms with Gasteiger partial charge in [0.05, 0.1) is 18.8 Å². The molecule has 10 nitrogen and oxygen atoms in total. The van der Waals surface area contributed by atoms with Gasteiger partial charge in [-0.1, -0.05) is 71.6 Å². The Balaban J connectivity index is 1.48. The van der Waals surface area contributed by atoms with Gasteiger partial charge < -0.3 is 15.3 Å². The van der Waals surface area contributed by atoms with Crippen molar-refractivity contribution in [3.05, 3.63) is 5.82 Å². The zero-order valence-electron chi connectivity index (χ0n) is 36.4. The van der Waals surface area contributed by atoms with Crippen molar-refractivity contribution < 1.29 is 14.8 Å². The highest BCUT2D eigenvalue weighted by Crippen LogP contribution is 2.49. The molecule has 4 fully saturated rings. The molecule has 1 aromatic rings. The first kappa shape index (κ1) is 43.5. The summed E-state index contributed by atoms with van der Waals surface area (Å²) in [6, 6.07) is 0.251. The third-order valence-corrected chi connectivity index (χ3v) is 13.1. The molecule has 1 atom stereocenters. The van der Waals surface area contributed by atoms with Gasteiger partial charge in [0.2, 0.25) is 11.9 Å². The second-order valence-corrected chi connectivity index (χ2v) is 20.1. The normalized spacial score (nSPS) is 25.1. The molecular weight excluding hydrogens is 675 g/mol. The minimum Gasteiger partial charge on any atom is -0.395 e. The fourth-order valence-electron chi connectivity index (χ4n) is 11.0. The molecule has 1 unspecified atom stereocenters. The van der Waals surface area contributed by atoms with Crippen LogP contribution in [0.25, 0.3) is 0 Å². The molecule has 310 valence electrons. The fourth-order valence-corrected chi connectivity index (χ4v) is 11.0. The topological polar surface area (TPSA) is 99.1 Å². The molecule has 4 aliphatic rings. The minimum atomic E-state index is -0.156. The van der Waals surface area contributed by atoms with Crippen molar-refractivity contribution in [3.63, 3.8) is 0 Å². The van der Waals surface area contributed by atoms with E-state index in [4.69, 9.17) is 24.6 Å². The molecule has 3 heterocycles. The molecule has 0 radical (unpaired) electrons. The highest BCUT2D eigenvalue weighted by molar-refractivity contribution is 5.40. The summed E-state index contributed by atoms with van der Waals surface area (Å²) >= 11 is 0. The summed E-state index contributed by atoms with van der Waals surface area (Å²) in [6.45, 7) is 24.9. The van der Waals surface area contributed by atoms with E-state index in [1.807, 2.05) is 0 Å². The van der Waals surface area contributed by atoms with E-state index in [1.54, 1.807) is 0 Å². The van der Waals surface area contributed by atoms with Gasteiger partial charge in [0.25, 0.3) is 0 Å². The average molecular weight is 756 g/mol. The number of anilines is 2. The van der Waals surface area contributed by atoms with Gasteiger partial charge in [-0.05, 0) is 126 Å². The number of aromatic nitrogens is 3. The number of hydrogen-bond donors (Lipinski definition) is 2. The Labute approximate surface area is 330 Å². The van der Waals surface area contributed by atoms with Crippen LogP contribution in [0.3, 0.4) is 0 Å². The van der Waals surface area contributed by atoms with Crippen LogP contribution in [0, 0.1) is 5.92 Å². The lowest BCUT2D eigenvalue weighted by molar-refractivity contribution is -0.315. The average Bonchev–Trinajstić information content (AvgIpc) is 3.11. The van der Waals surface area contributed by atoms with Crippen LogP contribution >= 0.6 is 0 Å². The van der Waals surface area contributed by atoms with Crippen molar-refractivity contribution >= 4 is 11.9 Å². The van der Waals surface area contributed by atoms with Crippen LogP contribution in [-0.4, -0.2) is 90.3 Å². The Bertz CT molecular complexity index is 1170. The van der Waals surface area contributed by atoms with Crippen LogP contribution in [0.15, 0.2) is 0 Å². The molecule has 2 aliphatic carbocycles. The smallest absolute Gasteiger partial charge is 0.230 e. The zero-order chi connectivity index (χ0) is 39.1. The van der Waals surface area contributed by atoms with E-state index in [-0.39, 0.29) is 40.7 Å². The van der Waals surface area contributed by atoms with Crippen LogP contribution in [0.5, 0.6) is 0 Å². The van der Waals surface area contributed by atoms with Crippen molar-refractivity contribution in [2.75, 3.05) is 29.9 Å². The predicted octanol–water partition coefficient (Wildman–Crippen LogP) is 9.98. The molecule has 0 bridgehead atoms. The lowest BCUT2D eigenvalue weighted by Crippen LogP contribution is -2.65. The molecule has 54 heavy (non-hydrogen) atoms. The molecule has 0 aromatic carbocycles. The largest absolute Gasteiger partial charge is 0.395 e. The molecular formula is C44H81N7O3. The number of hydrogen-bond acceptors (Lipinski definition) is 10. The van der Waals surface area contributed by atoms with E-state index < -0.39 is 0 Å². The second-order valence-electron chi connectivity index (χ2n) is 20.1. The number of unbranched alkanes of at least 4 members (excludes halogenated alkanes) is 2. The number of hydroxylamine groups is 4. The number of aliphatic hydroxyl groups is 1. The Morgan fingerprint density at radius 2 is 1.20 bits per heavy atom. The standard InChI is InChI=1S/C44H81N7O3/c1-11-13-25-37(33-29-41(3,4)50(42(5,6)30-33)53-35-21-17-15-18-22-35)38-46-39(45-26-28-52)48-40(47-38)49(27-14-12-2)34-31-43(7,8)51(44(9,10)32-34)54-36-23-19-16-20-24-36/h33-37,52H,11-32H2,1-10H3,(H,45,46,47,48). The summed E-state index contributed by atoms with van der Waals surface area (Å²) in [5, 5.41) is 18.0. The third-order valence-electron chi connectivity index (χ3n) is 13.1. The Morgan fingerprint density at radius 3 is 1.69 bits per heavy atom. The van der Waals surface area contributed by atoms with E-state index in [2.05, 4.69) is 89.6 Å². The molecule has 2 saturated carbocycles. The summed E-state index contributed by atoms with van der Waals surface area (Å²) in [6.07, 6.45) is 22.5. The highest BCUT2D eigenvalue weighted by atomic mass is 16.7. The first-order chi connectivity index (χ1) is 25.6. The van der Waals surface area contributed by atoms with Crippen LogP contribution in [-0.2, 0) is 9.68 Å². The van der Waals surface area contributed by atoms with Gasteiger partial charge in [-0.25, -0.2) is 0 Å². The summed E-state index contributed by atoms with van der Waals surface area (Å²) in [4.78, 5) is 32.2. The van der Waals surface area contributed by atoms with Crippen molar-refractivity contribution in [1.82, 2.24) is 25.1 Å². The number of aliphatic hydroxyl groups excluding tert-OH is 1. The summed E-state index contributed by atoms with van der Waals surface area (Å²) in [5.74, 6) is 2.87. The molecule has 0 spiro atoms. The van der Waals surface area contributed by atoms with Crippen molar-refractivity contribution in [3.8, 4) is 0 Å². The maximum Gasteiger partial charge on any atom is 0.230 e. The van der Waals surface area contributed by atoms with Crippen molar-refractivity contribution in [2.45, 2.75) is 238 Å². The van der Waals surface area contributed by atoms with Gasteiger partial charge in [-0.3, -0.25) is 9.68 Å². The van der Waals surface area contributed by atoms with E-state index >= 15 is 0 Å². The maximum absolute atomic E-state index is 9.86. The van der Waals surface area contributed by atoms with Gasteiger partial charge in [0, 0.05) is 47.2 Å². The molecule has 0 amide bonds. The first-order valence-corrected chi connectivity index (χ1v) is 22.4. The fraction of sp³-hybridized carbons (Fsp3) is 0.932. The lowest BCUT2D eigenvalue weighted by atomic mass is 9.69. The minimum absolute atomic E-state index is 0.0266. The molecule has 2 N–H and O–H groups in total. The number of piperidine rings is 2. The molecule has 2 saturated heterocycles. The Kier molecular flexibility index (Phi) is 15.1. The predicted molar refractivity (Wildman–Crippen MR) is 222 cm³/mol. The van der Waals surface area contributed by atoms with Crippen LogP contribution in [0.2, 0.25) is 0 Å². The number of nitrogens with one attached hydrogen (secondary N) is 1. The summed E-state index contributed by atoms with van der Waals surface area (Å²) in [7, 11) is 0. The summed E-state index contributed by atoms with van der Waals surface area (Å²) in [5.41, 5.74) is -0.562. The third kappa shape index (κ3) is 10.9. The van der Waals surface area contributed by atoms with Crippen LogP contribution in [0.4, 0.5) is 11.9 Å². The monoisotopic (exact) mass is 756 g/mol. The molecule has 2 aliphatic heterocycles. The van der Waals surface area contributed by atoms with E-state index in [0.29, 0.717) is 30.6 Å². The quantitative estimate of drug-likeness (QED) is 0.160. The SMILES string of the molecule is CCCCC(c1nc(NCCO)nc(N(CCCC)C2CC(C)(C)N(OC3CCCCC3)C(C)(C)C2)n1)C1CC(C)(C)N(OC2CCCCC2)C(C)(C)C1. The van der Waals surface area contributed by atoms with E-state index in [0.717, 1.165) is 102 Å². The highest BCUT2D eigenvalue weighted by Gasteiger charge is 2.51. The van der Waals surface area contributed by atoms with Gasteiger partial charge in [0.15, 0.2) is 0 Å². The number of nitrogens with zero attached hydrogens (tertiary/aromatic N) is 6. The van der Waals surface area contributed by atoms with Gasteiger partial charge in [-0.15, -0.1) is 0 Å². The maximum atomic E-state index is 9.86. The molecule has 10 heteroatoms. The Morgan fingerprint density at radius 1 is 0.704 bits per heavy atom. The van der Waals surface area contributed by atoms with Gasteiger partial charge in [0.1, 0.15) is 5.82 Å². The van der Waals surface area contributed by atoms with E-state index in [9.17, 15) is 5.11 Å². The van der Waals surface area contributed by atoms with Crippen LogP contribution in [0.1, 0.15) is 203 Å². The number of rotatable bonds is 17. The van der Waals surface area contributed by atoms with Crippen molar-refractivity contribution in [1.29, 1.82) is 0 Å². The van der Waals surface area contributed by atoms with Gasteiger partial charge >= 0.3 is 0 Å². The molecule has 5 rings (SSSR count). The van der Waals surface area contributed by atoms with E-state index in [1.165, 1.54) is 38.5 Å². The Hall–Kier alpha value is -1.59. The first-order valence-electron chi connectivity index (χ1n) is 22.4. The van der Waals surface area contributed by atoms with Crippen LogP contribution < -0.4 is 10.2 Å². The molecule has 1 aromatic heterocycles.